The first-order chi connectivity index (χ1) is 16.1. The summed E-state index contributed by atoms with van der Waals surface area (Å²) >= 11 is 3.53. The highest BCUT2D eigenvalue weighted by atomic mass is 79.9. The maximum Gasteiger partial charge on any atom is 0.243 e. The Morgan fingerprint density at radius 2 is 1.56 bits per heavy atom. The molecule has 4 nitrogen and oxygen atoms in total. The Kier molecular flexibility index (Phi) is 8.67. The molecule has 0 fully saturated rings. The predicted octanol–water partition coefficient (Wildman–Crippen LogP) is 5.85. The molecule has 0 radical (unpaired) electrons. The molecule has 0 heterocycles. The lowest BCUT2D eigenvalue weighted by molar-refractivity contribution is -0.141. The third kappa shape index (κ3) is 7.56. The summed E-state index contributed by atoms with van der Waals surface area (Å²) in [5.41, 5.74) is 3.61. The molecule has 0 aliphatic heterocycles. The fourth-order valence-corrected chi connectivity index (χ4v) is 4.36. The van der Waals surface area contributed by atoms with Crippen molar-refractivity contribution in [3.05, 3.63) is 106 Å². The molecule has 1 N–H and O–H groups in total. The number of amides is 2. The van der Waals surface area contributed by atoms with E-state index in [-0.39, 0.29) is 18.2 Å². The van der Waals surface area contributed by atoms with E-state index in [0.29, 0.717) is 13.0 Å². The maximum atomic E-state index is 13.8. The Labute approximate surface area is 211 Å². The fraction of sp³-hybridized carbons (Fsp3) is 0.310. The van der Waals surface area contributed by atoms with Crippen LogP contribution in [0.4, 0.5) is 0 Å². The van der Waals surface area contributed by atoms with E-state index in [2.05, 4.69) is 21.2 Å². The van der Waals surface area contributed by atoms with Gasteiger partial charge in [-0.15, -0.1) is 0 Å². The van der Waals surface area contributed by atoms with E-state index >= 15 is 0 Å². The quantitative estimate of drug-likeness (QED) is 0.404. The third-order valence-corrected chi connectivity index (χ3v) is 6.11. The van der Waals surface area contributed by atoms with E-state index in [1.807, 2.05) is 107 Å². The Bertz CT molecular complexity index is 1120. The van der Waals surface area contributed by atoms with Gasteiger partial charge in [-0.25, -0.2) is 0 Å². The second-order valence-corrected chi connectivity index (χ2v) is 10.6. The van der Waals surface area contributed by atoms with Crippen LogP contribution in [0.15, 0.2) is 83.3 Å². The number of aryl methyl sites for hydroxylation is 1. The SMILES string of the molecule is Cc1ccccc1CC(=O)N(Cc1cccc(Br)c1)[C@H](Cc1ccccc1)C(=O)NC(C)(C)C. The summed E-state index contributed by atoms with van der Waals surface area (Å²) in [4.78, 5) is 29.1. The van der Waals surface area contributed by atoms with Crippen molar-refractivity contribution in [2.75, 3.05) is 0 Å². The van der Waals surface area contributed by atoms with Crippen LogP contribution in [0.2, 0.25) is 0 Å². The van der Waals surface area contributed by atoms with Gasteiger partial charge in [0.15, 0.2) is 0 Å². The molecule has 0 saturated heterocycles. The molecule has 2 amide bonds. The largest absolute Gasteiger partial charge is 0.350 e. The molecule has 0 aromatic heterocycles. The molecule has 178 valence electrons. The highest BCUT2D eigenvalue weighted by molar-refractivity contribution is 9.10. The lowest BCUT2D eigenvalue weighted by Gasteiger charge is -2.34. The average molecular weight is 521 g/mol. The molecule has 3 aromatic carbocycles. The Hall–Kier alpha value is -2.92. The molecule has 1 atom stereocenters. The summed E-state index contributed by atoms with van der Waals surface area (Å²) < 4.78 is 0.940. The first-order valence-electron chi connectivity index (χ1n) is 11.6. The van der Waals surface area contributed by atoms with Crippen molar-refractivity contribution in [3.8, 4) is 0 Å². The molecule has 3 rings (SSSR count). The highest BCUT2D eigenvalue weighted by Gasteiger charge is 2.32. The molecule has 0 aliphatic carbocycles. The molecule has 0 spiro atoms. The summed E-state index contributed by atoms with van der Waals surface area (Å²) in [5, 5.41) is 3.11. The summed E-state index contributed by atoms with van der Waals surface area (Å²) in [7, 11) is 0. The standard InChI is InChI=1S/C29H33BrN2O2/c1-21-11-8-9-15-24(21)19-27(33)32(20-23-14-10-16-25(30)17-23)26(28(34)31-29(2,3)4)18-22-12-6-5-7-13-22/h5-17,26H,18-20H2,1-4H3,(H,31,34)/t26-/m1/s1. The van der Waals surface area contributed by atoms with Crippen LogP contribution in [0.1, 0.15) is 43.0 Å². The van der Waals surface area contributed by atoms with Crippen molar-refractivity contribution in [2.24, 2.45) is 0 Å². The second kappa shape index (κ2) is 11.5. The normalized spacial score (nSPS) is 12.1. The first kappa shape index (κ1) is 25.7. The van der Waals surface area contributed by atoms with Crippen LogP contribution in [0.5, 0.6) is 0 Å². The molecular weight excluding hydrogens is 488 g/mol. The van der Waals surface area contributed by atoms with Gasteiger partial charge in [0.05, 0.1) is 6.42 Å². The zero-order valence-corrected chi connectivity index (χ0v) is 21.9. The lowest BCUT2D eigenvalue weighted by atomic mass is 9.99. The zero-order valence-electron chi connectivity index (χ0n) is 20.3. The van der Waals surface area contributed by atoms with Gasteiger partial charge in [-0.2, -0.15) is 0 Å². The number of hydrogen-bond acceptors (Lipinski definition) is 2. The van der Waals surface area contributed by atoms with Gasteiger partial charge in [-0.05, 0) is 62.1 Å². The fourth-order valence-electron chi connectivity index (χ4n) is 3.91. The summed E-state index contributed by atoms with van der Waals surface area (Å²) in [6, 6.07) is 25.0. The van der Waals surface area contributed by atoms with Gasteiger partial charge in [0.25, 0.3) is 0 Å². The second-order valence-electron chi connectivity index (χ2n) is 9.70. The molecule has 0 saturated carbocycles. The van der Waals surface area contributed by atoms with Gasteiger partial charge in [-0.3, -0.25) is 9.59 Å². The smallest absolute Gasteiger partial charge is 0.243 e. The average Bonchev–Trinajstić information content (AvgIpc) is 2.77. The predicted molar refractivity (Wildman–Crippen MR) is 141 cm³/mol. The molecule has 3 aromatic rings. The van der Waals surface area contributed by atoms with Crippen molar-refractivity contribution in [1.29, 1.82) is 0 Å². The van der Waals surface area contributed by atoms with E-state index in [4.69, 9.17) is 0 Å². The monoisotopic (exact) mass is 520 g/mol. The summed E-state index contributed by atoms with van der Waals surface area (Å²) in [6.07, 6.45) is 0.686. The van der Waals surface area contributed by atoms with Crippen LogP contribution < -0.4 is 5.32 Å². The number of rotatable bonds is 8. The Morgan fingerprint density at radius 3 is 2.21 bits per heavy atom. The molecule has 0 aliphatic rings. The van der Waals surface area contributed by atoms with Crippen LogP contribution in [0, 0.1) is 6.92 Å². The Balaban J connectivity index is 2.00. The van der Waals surface area contributed by atoms with E-state index in [1.54, 1.807) is 4.90 Å². The maximum absolute atomic E-state index is 13.8. The number of nitrogens with zero attached hydrogens (tertiary/aromatic N) is 1. The number of halogens is 1. The van der Waals surface area contributed by atoms with E-state index in [9.17, 15) is 9.59 Å². The topological polar surface area (TPSA) is 49.4 Å². The van der Waals surface area contributed by atoms with Gasteiger partial charge < -0.3 is 10.2 Å². The van der Waals surface area contributed by atoms with Crippen molar-refractivity contribution in [2.45, 2.75) is 58.7 Å². The number of benzene rings is 3. The van der Waals surface area contributed by atoms with Crippen LogP contribution in [0.3, 0.4) is 0 Å². The van der Waals surface area contributed by atoms with Gasteiger partial charge in [0, 0.05) is 23.0 Å². The third-order valence-electron chi connectivity index (χ3n) is 5.61. The molecule has 5 heteroatoms. The number of carbonyl (C=O) groups is 2. The van der Waals surface area contributed by atoms with Crippen LogP contribution in [-0.2, 0) is 29.0 Å². The van der Waals surface area contributed by atoms with Crippen molar-refractivity contribution in [1.82, 2.24) is 10.2 Å². The van der Waals surface area contributed by atoms with E-state index < -0.39 is 11.6 Å². The van der Waals surface area contributed by atoms with Crippen molar-refractivity contribution >= 4 is 27.7 Å². The number of carbonyl (C=O) groups excluding carboxylic acids is 2. The number of nitrogens with one attached hydrogen (secondary N) is 1. The minimum atomic E-state index is -0.642. The summed E-state index contributed by atoms with van der Waals surface area (Å²) in [6.45, 7) is 8.23. The Morgan fingerprint density at radius 1 is 0.912 bits per heavy atom. The van der Waals surface area contributed by atoms with Crippen LogP contribution in [0.25, 0.3) is 0 Å². The van der Waals surface area contributed by atoms with E-state index in [1.165, 1.54) is 0 Å². The van der Waals surface area contributed by atoms with Gasteiger partial charge in [0.2, 0.25) is 11.8 Å². The minimum absolute atomic E-state index is 0.0701. The highest BCUT2D eigenvalue weighted by Crippen LogP contribution is 2.20. The number of hydrogen-bond donors (Lipinski definition) is 1. The van der Waals surface area contributed by atoms with Gasteiger partial charge >= 0.3 is 0 Å². The first-order valence-corrected chi connectivity index (χ1v) is 12.4. The molecule has 34 heavy (non-hydrogen) atoms. The summed E-state index contributed by atoms with van der Waals surface area (Å²) in [5.74, 6) is -0.219. The van der Waals surface area contributed by atoms with Crippen molar-refractivity contribution in [3.63, 3.8) is 0 Å². The van der Waals surface area contributed by atoms with Crippen LogP contribution in [-0.4, -0.2) is 28.3 Å². The van der Waals surface area contributed by atoms with Gasteiger partial charge in [0.1, 0.15) is 6.04 Å². The van der Waals surface area contributed by atoms with E-state index in [0.717, 1.165) is 26.7 Å². The van der Waals surface area contributed by atoms with Crippen molar-refractivity contribution < 1.29 is 9.59 Å². The molecule has 0 unspecified atom stereocenters. The molecular formula is C29H33BrN2O2. The lowest BCUT2D eigenvalue weighted by Crippen LogP contribution is -2.54. The molecule has 0 bridgehead atoms. The minimum Gasteiger partial charge on any atom is -0.350 e. The van der Waals surface area contributed by atoms with Gasteiger partial charge in [-0.1, -0.05) is 82.7 Å². The van der Waals surface area contributed by atoms with Crippen LogP contribution >= 0.6 is 15.9 Å². The zero-order chi connectivity index (χ0) is 24.7.